The van der Waals surface area contributed by atoms with Gasteiger partial charge in [0.1, 0.15) is 11.5 Å². The molecular weight excluding hydrogens is 198 g/mol. The second-order valence-corrected chi connectivity index (χ2v) is 3.74. The summed E-state index contributed by atoms with van der Waals surface area (Å²) in [6.07, 6.45) is 0.298. The Morgan fingerprint density at radius 3 is 2.64 bits per heavy atom. The van der Waals surface area contributed by atoms with Crippen LogP contribution in [0.3, 0.4) is 0 Å². The van der Waals surface area contributed by atoms with Crippen LogP contribution >= 0.6 is 12.6 Å². The van der Waals surface area contributed by atoms with Gasteiger partial charge < -0.3 is 9.73 Å². The van der Waals surface area contributed by atoms with E-state index in [1.54, 1.807) is 0 Å². The van der Waals surface area contributed by atoms with Crippen molar-refractivity contribution < 1.29 is 9.21 Å². The first-order valence-electron chi connectivity index (χ1n) is 4.59. The fourth-order valence-electron chi connectivity index (χ4n) is 1.13. The van der Waals surface area contributed by atoms with Crippen LogP contribution in [0.25, 0.3) is 0 Å². The van der Waals surface area contributed by atoms with Gasteiger partial charge in [-0.25, -0.2) is 0 Å². The lowest BCUT2D eigenvalue weighted by Crippen LogP contribution is -2.31. The smallest absolute Gasteiger partial charge is 0.227 e. The molecule has 0 aromatic carbocycles. The third kappa shape index (κ3) is 3.46. The molecule has 0 saturated carbocycles. The summed E-state index contributed by atoms with van der Waals surface area (Å²) < 4.78 is 5.35. The third-order valence-electron chi connectivity index (χ3n) is 1.66. The van der Waals surface area contributed by atoms with E-state index in [4.69, 9.17) is 4.42 Å². The Hall–Kier alpha value is -0.900. The molecule has 0 saturated heterocycles. The Morgan fingerprint density at radius 2 is 2.14 bits per heavy atom. The second kappa shape index (κ2) is 5.10. The van der Waals surface area contributed by atoms with Crippen molar-refractivity contribution in [3.05, 3.63) is 23.7 Å². The highest BCUT2D eigenvalue weighted by molar-refractivity contribution is 7.79. The maximum absolute atomic E-state index is 11.3. The van der Waals surface area contributed by atoms with E-state index >= 15 is 0 Å². The van der Waals surface area contributed by atoms with Crippen molar-refractivity contribution in [2.75, 3.05) is 0 Å². The summed E-state index contributed by atoms with van der Waals surface area (Å²) in [7, 11) is 0. The molecule has 0 unspecified atom stereocenters. The van der Waals surface area contributed by atoms with Crippen LogP contribution in [0.15, 0.2) is 16.5 Å². The summed E-state index contributed by atoms with van der Waals surface area (Å²) in [6, 6.07) is 3.82. The molecule has 78 valence electrons. The zero-order valence-corrected chi connectivity index (χ0v) is 9.30. The van der Waals surface area contributed by atoms with Crippen molar-refractivity contribution >= 4 is 18.5 Å². The normalized spacial score (nSPS) is 10.6. The van der Waals surface area contributed by atoms with Crippen LogP contribution < -0.4 is 5.32 Å². The van der Waals surface area contributed by atoms with E-state index in [-0.39, 0.29) is 11.9 Å². The maximum Gasteiger partial charge on any atom is 0.227 e. The van der Waals surface area contributed by atoms with Gasteiger partial charge in [0.2, 0.25) is 5.91 Å². The Labute approximate surface area is 89.3 Å². The van der Waals surface area contributed by atoms with Crippen molar-refractivity contribution in [3.8, 4) is 0 Å². The van der Waals surface area contributed by atoms with Crippen molar-refractivity contribution in [1.29, 1.82) is 0 Å². The molecular formula is C10H15NO2S. The Bertz CT molecular complexity index is 307. The summed E-state index contributed by atoms with van der Waals surface area (Å²) >= 11 is 4.08. The van der Waals surface area contributed by atoms with Crippen molar-refractivity contribution in [2.45, 2.75) is 32.1 Å². The summed E-state index contributed by atoms with van der Waals surface area (Å²) in [5.74, 6) is 2.03. The minimum absolute atomic E-state index is 0.0138. The third-order valence-corrected chi connectivity index (χ3v) is 1.97. The molecule has 1 amide bonds. The van der Waals surface area contributed by atoms with Crippen LogP contribution in [-0.4, -0.2) is 11.9 Å². The fraction of sp³-hybridized carbons (Fsp3) is 0.500. The highest BCUT2D eigenvalue weighted by Gasteiger charge is 2.07. The van der Waals surface area contributed by atoms with Crippen LogP contribution in [0.1, 0.15) is 25.4 Å². The van der Waals surface area contributed by atoms with Crippen LogP contribution in [0, 0.1) is 0 Å². The van der Waals surface area contributed by atoms with Crippen molar-refractivity contribution in [1.82, 2.24) is 5.32 Å². The molecule has 0 atom stereocenters. The quantitative estimate of drug-likeness (QED) is 0.749. The van der Waals surface area contributed by atoms with E-state index in [9.17, 15) is 4.79 Å². The van der Waals surface area contributed by atoms with Gasteiger partial charge in [-0.3, -0.25) is 4.79 Å². The summed E-state index contributed by atoms with van der Waals surface area (Å²) in [5.41, 5.74) is 0. The lowest BCUT2D eigenvalue weighted by atomic mass is 10.3. The topological polar surface area (TPSA) is 42.2 Å². The minimum atomic E-state index is -0.0138. The molecule has 1 N–H and O–H groups in total. The van der Waals surface area contributed by atoms with Gasteiger partial charge in [0, 0.05) is 11.8 Å². The first-order chi connectivity index (χ1) is 6.61. The molecule has 1 aromatic heterocycles. The van der Waals surface area contributed by atoms with E-state index in [0.29, 0.717) is 17.9 Å². The number of carbonyl (C=O) groups is 1. The first kappa shape index (κ1) is 11.2. The van der Waals surface area contributed by atoms with Crippen LogP contribution in [0.4, 0.5) is 0 Å². The van der Waals surface area contributed by atoms with Gasteiger partial charge in [0.15, 0.2) is 0 Å². The van der Waals surface area contributed by atoms with Gasteiger partial charge in [-0.15, -0.1) is 0 Å². The Morgan fingerprint density at radius 1 is 1.50 bits per heavy atom. The monoisotopic (exact) mass is 213 g/mol. The van der Waals surface area contributed by atoms with Gasteiger partial charge >= 0.3 is 0 Å². The number of hydrogen-bond donors (Lipinski definition) is 2. The highest BCUT2D eigenvalue weighted by Crippen LogP contribution is 2.10. The molecule has 1 heterocycles. The highest BCUT2D eigenvalue weighted by atomic mass is 32.1. The Kier molecular flexibility index (Phi) is 4.07. The van der Waals surface area contributed by atoms with E-state index < -0.39 is 0 Å². The van der Waals surface area contributed by atoms with Gasteiger partial charge in [0.25, 0.3) is 0 Å². The molecule has 0 aliphatic heterocycles. The molecule has 4 heteroatoms. The van der Waals surface area contributed by atoms with Gasteiger partial charge in [-0.1, -0.05) is 0 Å². The number of hydrogen-bond acceptors (Lipinski definition) is 3. The molecule has 14 heavy (non-hydrogen) atoms. The molecule has 0 aliphatic rings. The zero-order valence-electron chi connectivity index (χ0n) is 8.41. The SMILES string of the molecule is CC(C)NC(=O)Cc1ccc(CS)o1. The van der Waals surface area contributed by atoms with Crippen molar-refractivity contribution in [3.63, 3.8) is 0 Å². The largest absolute Gasteiger partial charge is 0.465 e. The number of nitrogens with one attached hydrogen (secondary N) is 1. The van der Waals surface area contributed by atoms with E-state index in [0.717, 1.165) is 5.76 Å². The Balaban J connectivity index is 2.47. The van der Waals surface area contributed by atoms with Crippen molar-refractivity contribution in [2.24, 2.45) is 0 Å². The molecule has 0 fully saturated rings. The predicted molar refractivity (Wildman–Crippen MR) is 58.4 cm³/mol. The lowest BCUT2D eigenvalue weighted by Gasteiger charge is -2.06. The van der Waals surface area contributed by atoms with Crippen LogP contribution in [-0.2, 0) is 17.0 Å². The van der Waals surface area contributed by atoms with E-state index in [1.807, 2.05) is 26.0 Å². The number of amides is 1. The molecule has 1 aromatic rings. The molecule has 0 spiro atoms. The van der Waals surface area contributed by atoms with Crippen LogP contribution in [0.2, 0.25) is 0 Å². The zero-order chi connectivity index (χ0) is 10.6. The van der Waals surface area contributed by atoms with Crippen LogP contribution in [0.5, 0.6) is 0 Å². The standard InChI is InChI=1S/C10H15NO2S/c1-7(2)11-10(12)5-8-3-4-9(6-14)13-8/h3-4,7,14H,5-6H2,1-2H3,(H,11,12). The van der Waals surface area contributed by atoms with E-state index in [2.05, 4.69) is 17.9 Å². The molecule has 0 aliphatic carbocycles. The first-order valence-corrected chi connectivity index (χ1v) is 5.23. The predicted octanol–water partition coefficient (Wildman–Crippen LogP) is 1.78. The average molecular weight is 213 g/mol. The van der Waals surface area contributed by atoms with Gasteiger partial charge in [0.05, 0.1) is 6.42 Å². The summed E-state index contributed by atoms with van der Waals surface area (Å²) in [4.78, 5) is 11.3. The molecule has 0 bridgehead atoms. The summed E-state index contributed by atoms with van der Waals surface area (Å²) in [6.45, 7) is 3.86. The maximum atomic E-state index is 11.3. The number of furan rings is 1. The summed E-state index contributed by atoms with van der Waals surface area (Å²) in [5, 5.41) is 2.80. The fourth-order valence-corrected chi connectivity index (χ4v) is 1.30. The number of thiol groups is 1. The molecule has 0 radical (unpaired) electrons. The molecule has 3 nitrogen and oxygen atoms in total. The average Bonchev–Trinajstić information content (AvgIpc) is 2.50. The van der Waals surface area contributed by atoms with Gasteiger partial charge in [-0.05, 0) is 26.0 Å². The van der Waals surface area contributed by atoms with E-state index in [1.165, 1.54) is 0 Å². The molecule has 1 rings (SSSR count). The number of rotatable bonds is 4. The number of carbonyl (C=O) groups excluding carboxylic acids is 1. The minimum Gasteiger partial charge on any atom is -0.465 e. The van der Waals surface area contributed by atoms with Gasteiger partial charge in [-0.2, -0.15) is 12.6 Å². The lowest BCUT2D eigenvalue weighted by molar-refractivity contribution is -0.121. The second-order valence-electron chi connectivity index (χ2n) is 3.43.